The van der Waals surface area contributed by atoms with Crippen LogP contribution in [0, 0.1) is 17.3 Å². The number of carbonyl (C=O) groups is 4. The first-order chi connectivity index (χ1) is 27.2. The summed E-state index contributed by atoms with van der Waals surface area (Å²) >= 11 is 0. The van der Waals surface area contributed by atoms with Crippen molar-refractivity contribution >= 4 is 50.6 Å². The Hall–Kier alpha value is -4.60. The summed E-state index contributed by atoms with van der Waals surface area (Å²) in [6.07, 6.45) is 7.76. The fraction of sp³-hybridized carbons (Fsp3) is 0.634. The van der Waals surface area contributed by atoms with Crippen molar-refractivity contribution in [2.24, 2.45) is 17.3 Å². The first kappa shape index (κ1) is 40.6. The highest BCUT2D eigenvalue weighted by atomic mass is 32.2. The minimum Gasteiger partial charge on any atom is -0.496 e. The number of methoxy groups -OCH3 is 1. The van der Waals surface area contributed by atoms with Crippen LogP contribution in [0.4, 0.5) is 10.6 Å². The molecule has 3 heterocycles. The lowest BCUT2D eigenvalue weighted by molar-refractivity contribution is -0.142. The Labute approximate surface area is 334 Å². The summed E-state index contributed by atoms with van der Waals surface area (Å²) in [6.45, 7) is 8.03. The molecule has 7 rings (SSSR count). The number of aromatic nitrogens is 1. The van der Waals surface area contributed by atoms with Crippen molar-refractivity contribution in [3.8, 4) is 11.5 Å². The second kappa shape index (κ2) is 16.0. The molecule has 5 atom stereocenters. The minimum atomic E-state index is -3.90. The molecule has 2 aromatic rings. The Bertz CT molecular complexity index is 2030. The van der Waals surface area contributed by atoms with Gasteiger partial charge in [0.1, 0.15) is 41.0 Å². The van der Waals surface area contributed by atoms with Gasteiger partial charge in [-0.25, -0.2) is 18.2 Å². The zero-order chi connectivity index (χ0) is 40.7. The number of pyridine rings is 1. The maximum atomic E-state index is 14.9. The van der Waals surface area contributed by atoms with E-state index in [0.717, 1.165) is 43.1 Å². The molecule has 16 heteroatoms. The zero-order valence-electron chi connectivity index (χ0n) is 33.4. The molecule has 4 bridgehead atoms. The van der Waals surface area contributed by atoms with Gasteiger partial charge in [0, 0.05) is 36.9 Å². The molecule has 2 aliphatic heterocycles. The molecule has 4 N–H and O–H groups in total. The third-order valence-electron chi connectivity index (χ3n) is 12.4. The van der Waals surface area contributed by atoms with Crippen molar-refractivity contribution in [3.63, 3.8) is 0 Å². The molecule has 1 aromatic heterocycles. The smallest absolute Gasteiger partial charge is 0.407 e. The second-order valence-electron chi connectivity index (χ2n) is 17.2. The van der Waals surface area contributed by atoms with Gasteiger partial charge in [-0.1, -0.05) is 39.2 Å². The quantitative estimate of drug-likeness (QED) is 0.264. The van der Waals surface area contributed by atoms with Crippen LogP contribution in [0.15, 0.2) is 30.9 Å². The predicted octanol–water partition coefficient (Wildman–Crippen LogP) is 4.34. The number of hydrogen-bond donors (Lipinski definition) is 4. The topological polar surface area (TPSA) is 194 Å². The van der Waals surface area contributed by atoms with E-state index in [9.17, 15) is 27.6 Å². The molecule has 0 radical (unpaired) electrons. The molecule has 57 heavy (non-hydrogen) atoms. The van der Waals surface area contributed by atoms with Gasteiger partial charge in [-0.3, -0.25) is 19.1 Å². The van der Waals surface area contributed by atoms with E-state index in [1.807, 2.05) is 26.0 Å². The number of cyclic esters (lactones) is 1. The van der Waals surface area contributed by atoms with Crippen molar-refractivity contribution in [2.45, 2.75) is 120 Å². The predicted molar refractivity (Wildman–Crippen MR) is 213 cm³/mol. The number of ether oxygens (including phenoxy) is 3. The van der Waals surface area contributed by atoms with Crippen LogP contribution < -0.4 is 30.1 Å². The van der Waals surface area contributed by atoms with E-state index >= 15 is 0 Å². The normalized spacial score (nSPS) is 28.2. The summed E-state index contributed by atoms with van der Waals surface area (Å²) in [5.41, 5.74) is -0.323. The number of rotatable bonds is 9. The van der Waals surface area contributed by atoms with E-state index in [-0.39, 0.29) is 37.3 Å². The van der Waals surface area contributed by atoms with Gasteiger partial charge >= 0.3 is 6.09 Å². The summed E-state index contributed by atoms with van der Waals surface area (Å²) in [4.78, 5) is 62.8. The van der Waals surface area contributed by atoms with Crippen LogP contribution in [0.1, 0.15) is 90.0 Å². The number of benzene rings is 1. The van der Waals surface area contributed by atoms with Crippen molar-refractivity contribution in [1.29, 1.82) is 0 Å². The summed E-state index contributed by atoms with van der Waals surface area (Å²) in [7, 11) is -0.528. The van der Waals surface area contributed by atoms with Gasteiger partial charge in [0.15, 0.2) is 0 Å². The first-order valence-electron chi connectivity index (χ1n) is 20.3. The standard InChI is InChI=1S/C41H56N6O9S/c1-6-26-21-41(26,38(50)46-57(52,53)28-14-15-28)45-36(48)31-18-27-22-47(31)37(49)35(24-11-8-7-9-12-24)44-39(51)55-23-40(2,3)16-10-13-25-17-29-30(19-32(25)54-5)43-34(42-4)20-33(29)56-27/h6,17,19-20,24,26-28,31,35H,1,7-16,18,21-23H2,2-5H3,(H,42,43)(H,44,51)(H,45,48)(H,46,50)/t26-,27-,31?,35+,41-/m1/s1. The fourth-order valence-electron chi connectivity index (χ4n) is 8.74. The van der Waals surface area contributed by atoms with Gasteiger partial charge in [-0.15, -0.1) is 6.58 Å². The number of anilines is 1. The average molecular weight is 809 g/mol. The van der Waals surface area contributed by atoms with Crippen LogP contribution in [0.25, 0.3) is 10.9 Å². The van der Waals surface area contributed by atoms with Gasteiger partial charge in [-0.05, 0) is 74.3 Å². The van der Waals surface area contributed by atoms with Crippen LogP contribution in [0.3, 0.4) is 0 Å². The number of sulfonamides is 1. The Balaban J connectivity index is 1.26. The molecular weight excluding hydrogens is 753 g/mol. The molecule has 3 saturated carbocycles. The molecule has 3 aliphatic carbocycles. The molecule has 310 valence electrons. The number of aryl methyl sites for hydroxylation is 1. The Morgan fingerprint density at radius 1 is 1.09 bits per heavy atom. The maximum Gasteiger partial charge on any atom is 0.407 e. The third kappa shape index (κ3) is 8.65. The molecule has 4 fully saturated rings. The van der Waals surface area contributed by atoms with E-state index < -0.39 is 68.7 Å². The number of hydrogen-bond acceptors (Lipinski definition) is 11. The summed E-state index contributed by atoms with van der Waals surface area (Å²) in [5.74, 6) is -0.854. The van der Waals surface area contributed by atoms with Gasteiger partial charge in [0.2, 0.25) is 21.8 Å². The summed E-state index contributed by atoms with van der Waals surface area (Å²) in [6, 6.07) is 3.60. The highest BCUT2D eigenvalue weighted by Crippen LogP contribution is 2.46. The van der Waals surface area contributed by atoms with Crippen molar-refractivity contribution < 1.29 is 41.8 Å². The third-order valence-corrected chi connectivity index (χ3v) is 14.2. The zero-order valence-corrected chi connectivity index (χ0v) is 34.2. The highest BCUT2D eigenvalue weighted by molar-refractivity contribution is 7.91. The Morgan fingerprint density at radius 3 is 2.51 bits per heavy atom. The van der Waals surface area contributed by atoms with E-state index in [2.05, 4.69) is 27.3 Å². The minimum absolute atomic E-state index is 0.00571. The average Bonchev–Trinajstić information content (AvgIpc) is 4.12. The Kier molecular flexibility index (Phi) is 11.4. The highest BCUT2D eigenvalue weighted by Gasteiger charge is 2.62. The van der Waals surface area contributed by atoms with Gasteiger partial charge in [0.05, 0.1) is 31.0 Å². The molecule has 15 nitrogen and oxygen atoms in total. The summed E-state index contributed by atoms with van der Waals surface area (Å²) in [5, 5.41) is 8.96. The SMILES string of the molecule is C=C[C@@H]1C[C@]1(NC(=O)C1C[C@@H]2CN1C(=O)[C@H](C1CCCCC1)NC(=O)OCC(C)(C)CCCc1cc3c(cc(NC)nc3cc1OC)O2)C(=O)NS(=O)(=O)C1CC1. The molecule has 1 aromatic carbocycles. The maximum absolute atomic E-state index is 14.9. The van der Waals surface area contributed by atoms with Crippen LogP contribution >= 0.6 is 0 Å². The van der Waals surface area contributed by atoms with Crippen molar-refractivity contribution in [3.05, 3.63) is 36.4 Å². The number of fused-ring (bicyclic) bond motifs is 3. The fourth-order valence-corrected chi connectivity index (χ4v) is 10.1. The molecule has 1 saturated heterocycles. The number of nitrogens with one attached hydrogen (secondary N) is 4. The van der Waals surface area contributed by atoms with Gasteiger partial charge < -0.3 is 35.1 Å². The number of carbonyl (C=O) groups excluding carboxylic acids is 4. The number of alkyl carbamates (subject to hydrolysis) is 1. The van der Waals surface area contributed by atoms with E-state index in [1.165, 1.54) is 11.0 Å². The van der Waals surface area contributed by atoms with Crippen LogP contribution in [-0.2, 0) is 35.6 Å². The molecule has 0 spiro atoms. The lowest BCUT2D eigenvalue weighted by Crippen LogP contribution is -2.59. The lowest BCUT2D eigenvalue weighted by atomic mass is 9.83. The first-order valence-corrected chi connectivity index (χ1v) is 21.8. The van der Waals surface area contributed by atoms with Crippen LogP contribution in [-0.4, -0.2) is 98.4 Å². The van der Waals surface area contributed by atoms with Gasteiger partial charge in [0.25, 0.3) is 5.91 Å². The van der Waals surface area contributed by atoms with E-state index in [4.69, 9.17) is 19.2 Å². The van der Waals surface area contributed by atoms with Crippen molar-refractivity contribution in [2.75, 3.05) is 32.6 Å². The van der Waals surface area contributed by atoms with Crippen LogP contribution in [0.5, 0.6) is 11.5 Å². The van der Waals surface area contributed by atoms with Gasteiger partial charge in [-0.2, -0.15) is 0 Å². The molecule has 1 unspecified atom stereocenters. The summed E-state index contributed by atoms with van der Waals surface area (Å²) < 4.78 is 46.1. The van der Waals surface area contributed by atoms with Crippen LogP contribution in [0.2, 0.25) is 0 Å². The van der Waals surface area contributed by atoms with E-state index in [1.54, 1.807) is 20.2 Å². The van der Waals surface area contributed by atoms with Crippen molar-refractivity contribution in [1.82, 2.24) is 25.2 Å². The van der Waals surface area contributed by atoms with E-state index in [0.29, 0.717) is 54.9 Å². The number of nitrogens with zero attached hydrogens (tertiary/aromatic N) is 2. The molecular formula is C41H56N6O9S. The second-order valence-corrected chi connectivity index (χ2v) is 19.2. The Morgan fingerprint density at radius 2 is 1.84 bits per heavy atom. The largest absolute Gasteiger partial charge is 0.496 e. The molecule has 4 amide bonds. The monoisotopic (exact) mass is 808 g/mol. The number of amides is 4. The lowest BCUT2D eigenvalue weighted by Gasteiger charge is -2.35. The molecule has 5 aliphatic rings.